The molecule has 1 atom stereocenters. The van der Waals surface area contributed by atoms with E-state index in [9.17, 15) is 9.90 Å². The molecular weight excluding hydrogens is 286 g/mol. The summed E-state index contributed by atoms with van der Waals surface area (Å²) in [7, 11) is 0. The Balaban J connectivity index is 1.87. The molecule has 1 unspecified atom stereocenters. The molecule has 0 radical (unpaired) electrons. The van der Waals surface area contributed by atoms with Crippen LogP contribution in [-0.2, 0) is 9.53 Å². The van der Waals surface area contributed by atoms with Crippen LogP contribution in [0, 0.1) is 0 Å². The van der Waals surface area contributed by atoms with Gasteiger partial charge < -0.3 is 15.2 Å². The molecule has 0 aliphatic carbocycles. The highest BCUT2D eigenvalue weighted by Gasteiger charge is 2.30. The van der Waals surface area contributed by atoms with Crippen LogP contribution in [0.4, 0.5) is 0 Å². The Morgan fingerprint density at radius 2 is 2.26 bits per heavy atom. The minimum atomic E-state index is -0.833. The SMILES string of the molecule is CC(C(=O)NCC1(O)CCOCC1)c1ccc(Cl)s1. The number of nitrogens with one attached hydrogen (secondary N) is 1. The summed E-state index contributed by atoms with van der Waals surface area (Å²) in [5.74, 6) is -0.334. The quantitative estimate of drug-likeness (QED) is 0.896. The molecule has 2 rings (SSSR count). The number of thiophene rings is 1. The molecule has 1 aliphatic heterocycles. The molecule has 1 aromatic heterocycles. The van der Waals surface area contributed by atoms with Crippen molar-refractivity contribution in [2.75, 3.05) is 19.8 Å². The Morgan fingerprint density at radius 3 is 2.84 bits per heavy atom. The third kappa shape index (κ3) is 3.92. The Bertz CT molecular complexity index is 443. The number of carbonyl (C=O) groups is 1. The topological polar surface area (TPSA) is 58.6 Å². The van der Waals surface area contributed by atoms with Crippen LogP contribution in [0.15, 0.2) is 12.1 Å². The van der Waals surface area contributed by atoms with E-state index in [0.717, 1.165) is 4.88 Å². The van der Waals surface area contributed by atoms with Gasteiger partial charge in [0.05, 0.1) is 15.9 Å². The number of halogens is 1. The predicted octanol–water partition coefficient (Wildman–Crippen LogP) is 2.16. The summed E-state index contributed by atoms with van der Waals surface area (Å²) in [6.07, 6.45) is 1.12. The average molecular weight is 304 g/mol. The fourth-order valence-corrected chi connectivity index (χ4v) is 3.13. The van der Waals surface area contributed by atoms with Crippen molar-refractivity contribution >= 4 is 28.8 Å². The summed E-state index contributed by atoms with van der Waals surface area (Å²) in [6.45, 7) is 3.20. The number of carbonyl (C=O) groups excluding carboxylic acids is 1. The monoisotopic (exact) mass is 303 g/mol. The molecule has 0 spiro atoms. The van der Waals surface area contributed by atoms with Crippen LogP contribution in [0.2, 0.25) is 4.34 Å². The molecule has 1 fully saturated rings. The third-order valence-corrected chi connectivity index (χ3v) is 4.84. The highest BCUT2D eigenvalue weighted by Crippen LogP contribution is 2.28. The maximum absolute atomic E-state index is 12.0. The van der Waals surface area contributed by atoms with Gasteiger partial charge in [0.15, 0.2) is 0 Å². The van der Waals surface area contributed by atoms with Crippen molar-refractivity contribution in [1.82, 2.24) is 5.32 Å². The number of aliphatic hydroxyl groups is 1. The third-order valence-electron chi connectivity index (χ3n) is 3.43. The van der Waals surface area contributed by atoms with Gasteiger partial charge in [-0.1, -0.05) is 11.6 Å². The lowest BCUT2D eigenvalue weighted by Gasteiger charge is -2.32. The van der Waals surface area contributed by atoms with Gasteiger partial charge >= 0.3 is 0 Å². The lowest BCUT2D eigenvalue weighted by atomic mass is 9.94. The fourth-order valence-electron chi connectivity index (χ4n) is 2.02. The largest absolute Gasteiger partial charge is 0.388 e. The minimum Gasteiger partial charge on any atom is -0.388 e. The highest BCUT2D eigenvalue weighted by molar-refractivity contribution is 7.16. The average Bonchev–Trinajstić information content (AvgIpc) is 2.83. The molecule has 0 bridgehead atoms. The summed E-state index contributed by atoms with van der Waals surface area (Å²) in [5.41, 5.74) is -0.833. The maximum Gasteiger partial charge on any atom is 0.228 e. The summed E-state index contributed by atoms with van der Waals surface area (Å²) in [5, 5.41) is 13.1. The van der Waals surface area contributed by atoms with Crippen LogP contribution in [-0.4, -0.2) is 36.4 Å². The molecule has 0 saturated carbocycles. The second kappa shape index (κ2) is 6.22. The zero-order valence-electron chi connectivity index (χ0n) is 10.8. The van der Waals surface area contributed by atoms with Crippen LogP contribution >= 0.6 is 22.9 Å². The van der Waals surface area contributed by atoms with Gasteiger partial charge in [0.1, 0.15) is 0 Å². The van der Waals surface area contributed by atoms with Crippen molar-refractivity contribution in [2.45, 2.75) is 31.3 Å². The molecule has 2 heterocycles. The van der Waals surface area contributed by atoms with Gasteiger partial charge in [0, 0.05) is 37.5 Å². The Hall–Kier alpha value is -0.620. The van der Waals surface area contributed by atoms with Gasteiger partial charge in [-0.15, -0.1) is 11.3 Å². The van der Waals surface area contributed by atoms with Crippen molar-refractivity contribution in [1.29, 1.82) is 0 Å². The number of rotatable bonds is 4. The Labute approximate surface area is 121 Å². The van der Waals surface area contributed by atoms with Crippen molar-refractivity contribution in [3.63, 3.8) is 0 Å². The van der Waals surface area contributed by atoms with Crippen LogP contribution in [0.25, 0.3) is 0 Å². The van der Waals surface area contributed by atoms with E-state index in [-0.39, 0.29) is 18.4 Å². The summed E-state index contributed by atoms with van der Waals surface area (Å²) >= 11 is 7.27. The first-order chi connectivity index (χ1) is 9.00. The standard InChI is InChI=1S/C13H18ClNO3S/c1-9(10-2-3-11(14)19-10)12(16)15-8-13(17)4-6-18-7-5-13/h2-3,9,17H,4-8H2,1H3,(H,15,16). The number of hydrogen-bond acceptors (Lipinski definition) is 4. The van der Waals surface area contributed by atoms with Crippen LogP contribution in [0.3, 0.4) is 0 Å². The zero-order chi connectivity index (χ0) is 13.9. The molecule has 0 aromatic carbocycles. The van der Waals surface area contributed by atoms with Gasteiger partial charge in [0.25, 0.3) is 0 Å². The zero-order valence-corrected chi connectivity index (χ0v) is 12.4. The van der Waals surface area contributed by atoms with E-state index in [4.69, 9.17) is 16.3 Å². The Morgan fingerprint density at radius 1 is 1.58 bits per heavy atom. The molecule has 1 saturated heterocycles. The molecule has 19 heavy (non-hydrogen) atoms. The van der Waals surface area contributed by atoms with Crippen LogP contribution < -0.4 is 5.32 Å². The van der Waals surface area contributed by atoms with Gasteiger partial charge in [-0.2, -0.15) is 0 Å². The van der Waals surface area contributed by atoms with E-state index in [1.54, 1.807) is 6.07 Å². The first kappa shape index (κ1) is 14.8. The van der Waals surface area contributed by atoms with Crippen molar-refractivity contribution in [3.8, 4) is 0 Å². The second-order valence-electron chi connectivity index (χ2n) is 4.92. The van der Waals surface area contributed by atoms with Crippen molar-refractivity contribution in [2.24, 2.45) is 0 Å². The minimum absolute atomic E-state index is 0.0848. The van der Waals surface area contributed by atoms with E-state index >= 15 is 0 Å². The lowest BCUT2D eigenvalue weighted by Crippen LogP contribution is -2.47. The van der Waals surface area contributed by atoms with E-state index in [0.29, 0.717) is 30.4 Å². The van der Waals surface area contributed by atoms with E-state index in [1.807, 2.05) is 13.0 Å². The summed E-state index contributed by atoms with van der Waals surface area (Å²) < 4.78 is 5.88. The molecule has 1 aliphatic rings. The molecule has 1 amide bonds. The maximum atomic E-state index is 12.0. The van der Waals surface area contributed by atoms with Crippen LogP contribution in [0.5, 0.6) is 0 Å². The first-order valence-electron chi connectivity index (χ1n) is 6.33. The van der Waals surface area contributed by atoms with Gasteiger partial charge in [-0.25, -0.2) is 0 Å². The molecule has 1 aromatic rings. The number of ether oxygens (including phenoxy) is 1. The molecular formula is C13H18ClNO3S. The molecule has 2 N–H and O–H groups in total. The Kier molecular flexibility index (Phi) is 4.84. The van der Waals surface area contributed by atoms with E-state index < -0.39 is 5.60 Å². The number of amides is 1. The van der Waals surface area contributed by atoms with Crippen LogP contribution in [0.1, 0.15) is 30.6 Å². The van der Waals surface area contributed by atoms with Gasteiger partial charge in [-0.05, 0) is 19.1 Å². The van der Waals surface area contributed by atoms with Crippen molar-refractivity contribution < 1.29 is 14.6 Å². The first-order valence-corrected chi connectivity index (χ1v) is 7.53. The molecule has 106 valence electrons. The summed E-state index contributed by atoms with van der Waals surface area (Å²) in [4.78, 5) is 13.0. The smallest absolute Gasteiger partial charge is 0.228 e. The highest BCUT2D eigenvalue weighted by atomic mass is 35.5. The molecule has 4 nitrogen and oxygen atoms in total. The van der Waals surface area contributed by atoms with E-state index in [2.05, 4.69) is 5.32 Å². The van der Waals surface area contributed by atoms with Gasteiger partial charge in [-0.3, -0.25) is 4.79 Å². The van der Waals surface area contributed by atoms with Crippen molar-refractivity contribution in [3.05, 3.63) is 21.3 Å². The second-order valence-corrected chi connectivity index (χ2v) is 6.66. The number of hydrogen-bond donors (Lipinski definition) is 2. The molecule has 6 heteroatoms. The lowest BCUT2D eigenvalue weighted by molar-refractivity contribution is -0.125. The normalized spacial score (nSPS) is 19.9. The van der Waals surface area contributed by atoms with E-state index in [1.165, 1.54) is 11.3 Å². The van der Waals surface area contributed by atoms with Gasteiger partial charge in [0.2, 0.25) is 5.91 Å². The fraction of sp³-hybridized carbons (Fsp3) is 0.615. The summed E-state index contributed by atoms with van der Waals surface area (Å²) in [6, 6.07) is 3.65. The predicted molar refractivity (Wildman–Crippen MR) is 75.8 cm³/mol.